The van der Waals surface area contributed by atoms with E-state index < -0.39 is 22.5 Å². The number of thioether (sulfide) groups is 1. The van der Waals surface area contributed by atoms with E-state index in [1.165, 1.54) is 18.1 Å². The number of nitrogens with one attached hydrogen (secondary N) is 1. The lowest BCUT2D eigenvalue weighted by atomic mass is 10.2. The monoisotopic (exact) mass is 490 g/mol. The van der Waals surface area contributed by atoms with Crippen LogP contribution in [0.1, 0.15) is 5.56 Å². The molecule has 1 amide bonds. The van der Waals surface area contributed by atoms with Crippen molar-refractivity contribution >= 4 is 50.7 Å². The van der Waals surface area contributed by atoms with E-state index in [-0.39, 0.29) is 5.69 Å². The molecular weight excluding hydrogens is 468 g/mol. The molecule has 6 nitrogen and oxygen atoms in total. The molecule has 0 saturated carbocycles. The van der Waals surface area contributed by atoms with Gasteiger partial charge in [-0.1, -0.05) is 41.9 Å². The summed E-state index contributed by atoms with van der Waals surface area (Å²) in [5, 5.41) is 3.07. The maximum absolute atomic E-state index is 12.6. The maximum Gasteiger partial charge on any atom is 0.245 e. The lowest BCUT2D eigenvalue weighted by molar-refractivity contribution is -0.114. The third-order valence-electron chi connectivity index (χ3n) is 4.48. The Hall–Kier alpha value is -2.68. The minimum absolute atomic E-state index is 0.200. The van der Waals surface area contributed by atoms with E-state index in [1.54, 1.807) is 36.0 Å². The van der Waals surface area contributed by atoms with Gasteiger partial charge in [-0.3, -0.25) is 9.10 Å². The van der Waals surface area contributed by atoms with E-state index in [0.29, 0.717) is 16.5 Å². The number of nitrogens with zero attached hydrogens (tertiary/aromatic N) is 1. The van der Waals surface area contributed by atoms with Gasteiger partial charge in [0.1, 0.15) is 12.3 Å². The highest BCUT2D eigenvalue weighted by Gasteiger charge is 2.24. The molecule has 0 aliphatic rings. The molecule has 0 aliphatic carbocycles. The molecule has 0 bridgehead atoms. The minimum atomic E-state index is -3.76. The van der Waals surface area contributed by atoms with Crippen LogP contribution in [0.15, 0.2) is 77.7 Å². The average Bonchev–Trinajstić information content (AvgIpc) is 2.77. The first-order chi connectivity index (χ1) is 15.3. The zero-order chi connectivity index (χ0) is 23.1. The number of amides is 1. The standard InChI is InChI=1S/C23H23ClN2O4S2/c1-30-22-13-10-18(24)14-21(22)26(32(2,28)29)15-23(27)25-19-11-8-17(9-12-19)16-31-20-6-4-3-5-7-20/h3-14H,15-16H2,1-2H3,(H,25,27). The molecule has 0 unspecified atom stereocenters. The summed E-state index contributed by atoms with van der Waals surface area (Å²) in [5.41, 5.74) is 1.89. The number of benzene rings is 3. The van der Waals surface area contributed by atoms with Gasteiger partial charge in [-0.25, -0.2) is 8.42 Å². The van der Waals surface area contributed by atoms with Crippen molar-refractivity contribution in [1.82, 2.24) is 0 Å². The van der Waals surface area contributed by atoms with E-state index in [4.69, 9.17) is 16.3 Å². The zero-order valence-corrected chi connectivity index (χ0v) is 20.0. The fourth-order valence-electron chi connectivity index (χ4n) is 2.94. The topological polar surface area (TPSA) is 75.7 Å². The summed E-state index contributed by atoms with van der Waals surface area (Å²) in [6.07, 6.45) is 1.03. The molecule has 0 radical (unpaired) electrons. The Morgan fingerprint density at radius 1 is 1.06 bits per heavy atom. The predicted octanol–water partition coefficient (Wildman–Crippen LogP) is 5.05. The van der Waals surface area contributed by atoms with Gasteiger partial charge in [-0.05, 0) is 48.0 Å². The highest BCUT2D eigenvalue weighted by Crippen LogP contribution is 2.32. The summed E-state index contributed by atoms with van der Waals surface area (Å²) in [5.74, 6) is 0.617. The van der Waals surface area contributed by atoms with Crippen molar-refractivity contribution in [1.29, 1.82) is 0 Å². The molecule has 1 N–H and O–H groups in total. The number of hydrogen-bond donors (Lipinski definition) is 1. The smallest absolute Gasteiger partial charge is 0.245 e. The largest absolute Gasteiger partial charge is 0.495 e. The van der Waals surface area contributed by atoms with Crippen LogP contribution in [0.3, 0.4) is 0 Å². The van der Waals surface area contributed by atoms with Crippen LogP contribution in [-0.2, 0) is 20.6 Å². The maximum atomic E-state index is 12.6. The first-order valence-electron chi connectivity index (χ1n) is 9.64. The number of halogens is 1. The number of anilines is 2. The molecule has 0 aromatic heterocycles. The van der Waals surface area contributed by atoms with Crippen molar-refractivity contribution in [2.45, 2.75) is 10.6 Å². The summed E-state index contributed by atoms with van der Waals surface area (Å²) in [7, 11) is -2.34. The van der Waals surface area contributed by atoms with Gasteiger partial charge in [-0.2, -0.15) is 0 Å². The second kappa shape index (κ2) is 10.8. The van der Waals surface area contributed by atoms with Crippen LogP contribution >= 0.6 is 23.4 Å². The highest BCUT2D eigenvalue weighted by atomic mass is 35.5. The Morgan fingerprint density at radius 2 is 1.75 bits per heavy atom. The summed E-state index contributed by atoms with van der Waals surface area (Å²) < 4.78 is 31.0. The van der Waals surface area contributed by atoms with Crippen LogP contribution in [0.4, 0.5) is 11.4 Å². The first-order valence-corrected chi connectivity index (χ1v) is 12.9. The van der Waals surface area contributed by atoms with Crippen LogP contribution in [0.25, 0.3) is 0 Å². The number of sulfonamides is 1. The molecule has 0 fully saturated rings. The number of hydrogen-bond acceptors (Lipinski definition) is 5. The van der Waals surface area contributed by atoms with Crippen molar-refractivity contribution in [3.8, 4) is 5.75 Å². The molecule has 0 saturated heterocycles. The number of methoxy groups -OCH3 is 1. The Kier molecular flexibility index (Phi) is 8.06. The molecule has 0 aliphatic heterocycles. The molecule has 9 heteroatoms. The second-order valence-corrected chi connectivity index (χ2v) is 10.3. The Balaban J connectivity index is 1.67. The van der Waals surface area contributed by atoms with E-state index in [0.717, 1.165) is 21.9 Å². The van der Waals surface area contributed by atoms with E-state index in [9.17, 15) is 13.2 Å². The molecular formula is C23H23ClN2O4S2. The normalized spacial score (nSPS) is 11.1. The third-order valence-corrected chi connectivity index (χ3v) is 6.93. The van der Waals surface area contributed by atoms with Crippen molar-refractivity contribution < 1.29 is 17.9 Å². The van der Waals surface area contributed by atoms with Gasteiger partial charge in [0.2, 0.25) is 15.9 Å². The van der Waals surface area contributed by atoms with E-state index in [1.807, 2.05) is 30.3 Å². The van der Waals surface area contributed by atoms with Crippen LogP contribution < -0.4 is 14.4 Å². The SMILES string of the molecule is COc1ccc(Cl)cc1N(CC(=O)Nc1ccc(CSc2ccccc2)cc1)S(C)(=O)=O. The van der Waals surface area contributed by atoms with Crippen LogP contribution in [0.2, 0.25) is 5.02 Å². The Bertz CT molecular complexity index is 1170. The van der Waals surface area contributed by atoms with Gasteiger partial charge in [0.25, 0.3) is 0 Å². The first kappa shape index (κ1) is 24.0. The minimum Gasteiger partial charge on any atom is -0.495 e. The molecule has 32 heavy (non-hydrogen) atoms. The number of carbonyl (C=O) groups excluding carboxylic acids is 1. The summed E-state index contributed by atoms with van der Waals surface area (Å²) in [4.78, 5) is 13.8. The highest BCUT2D eigenvalue weighted by molar-refractivity contribution is 7.98. The van der Waals surface area contributed by atoms with Crippen molar-refractivity contribution in [3.63, 3.8) is 0 Å². The van der Waals surface area contributed by atoms with Gasteiger partial charge in [0, 0.05) is 21.4 Å². The van der Waals surface area contributed by atoms with Crippen molar-refractivity contribution in [3.05, 3.63) is 83.4 Å². The van der Waals surface area contributed by atoms with Crippen molar-refractivity contribution in [2.75, 3.05) is 29.5 Å². The number of rotatable bonds is 9. The average molecular weight is 491 g/mol. The van der Waals surface area contributed by atoms with Gasteiger partial charge in [0.05, 0.1) is 19.1 Å². The predicted molar refractivity (Wildman–Crippen MR) is 131 cm³/mol. The quantitative estimate of drug-likeness (QED) is 0.425. The Morgan fingerprint density at radius 3 is 2.38 bits per heavy atom. The molecule has 0 heterocycles. The van der Waals surface area contributed by atoms with Gasteiger partial charge < -0.3 is 10.1 Å². The molecule has 168 valence electrons. The fourth-order valence-corrected chi connectivity index (χ4v) is 4.83. The molecule has 0 spiro atoms. The van der Waals surface area contributed by atoms with Gasteiger partial charge in [0.15, 0.2) is 0 Å². The number of carbonyl (C=O) groups is 1. The molecule has 3 rings (SSSR count). The summed E-state index contributed by atoms with van der Waals surface area (Å²) in [6.45, 7) is -0.416. The van der Waals surface area contributed by atoms with Gasteiger partial charge >= 0.3 is 0 Å². The van der Waals surface area contributed by atoms with E-state index in [2.05, 4.69) is 17.4 Å². The molecule has 3 aromatic rings. The van der Waals surface area contributed by atoms with Crippen molar-refractivity contribution in [2.24, 2.45) is 0 Å². The van der Waals surface area contributed by atoms with E-state index >= 15 is 0 Å². The van der Waals surface area contributed by atoms with Crippen LogP contribution in [0.5, 0.6) is 5.75 Å². The molecule has 3 aromatic carbocycles. The summed E-state index contributed by atoms with van der Waals surface area (Å²) >= 11 is 7.76. The fraction of sp³-hybridized carbons (Fsp3) is 0.174. The van der Waals surface area contributed by atoms with Crippen LogP contribution in [-0.4, -0.2) is 34.2 Å². The Labute approximate surface area is 197 Å². The van der Waals surface area contributed by atoms with Crippen LogP contribution in [0, 0.1) is 0 Å². The zero-order valence-electron chi connectivity index (χ0n) is 17.6. The molecule has 0 atom stereocenters. The second-order valence-electron chi connectivity index (χ2n) is 6.93. The van der Waals surface area contributed by atoms with Gasteiger partial charge in [-0.15, -0.1) is 11.8 Å². The number of ether oxygens (including phenoxy) is 1. The third kappa shape index (κ3) is 6.66. The summed E-state index contributed by atoms with van der Waals surface area (Å²) in [6, 6.07) is 22.1. The lowest BCUT2D eigenvalue weighted by Gasteiger charge is -2.24. The lowest BCUT2D eigenvalue weighted by Crippen LogP contribution is -2.37.